The smallest absolute Gasteiger partial charge is 0.228 e. The number of para-hydroxylation sites is 1. The van der Waals surface area contributed by atoms with Gasteiger partial charge in [0.25, 0.3) is 0 Å². The first-order chi connectivity index (χ1) is 12.0. The van der Waals surface area contributed by atoms with E-state index in [-0.39, 0.29) is 11.8 Å². The molecule has 0 saturated carbocycles. The number of nitrogens with one attached hydrogen (secondary N) is 1. The van der Waals surface area contributed by atoms with E-state index in [1.807, 2.05) is 30.3 Å². The summed E-state index contributed by atoms with van der Waals surface area (Å²) in [4.78, 5) is 14.8. The van der Waals surface area contributed by atoms with E-state index in [2.05, 4.69) is 10.2 Å². The summed E-state index contributed by atoms with van der Waals surface area (Å²) in [6, 6.07) is 12.8. The number of hydrogen-bond acceptors (Lipinski definition) is 2. The summed E-state index contributed by atoms with van der Waals surface area (Å²) in [6.07, 6.45) is 1.85. The van der Waals surface area contributed by atoms with Gasteiger partial charge in [-0.15, -0.1) is 0 Å². The quantitative estimate of drug-likeness (QED) is 0.739. The topological polar surface area (TPSA) is 32.3 Å². The van der Waals surface area contributed by atoms with Crippen molar-refractivity contribution in [2.75, 3.05) is 18.4 Å². The molecule has 0 aromatic heterocycles. The molecule has 3 nitrogen and oxygen atoms in total. The summed E-state index contributed by atoms with van der Waals surface area (Å²) >= 11 is 18.3. The fraction of sp³-hybridized carbons (Fsp3) is 0.316. The summed E-state index contributed by atoms with van der Waals surface area (Å²) in [5.41, 5.74) is 1.69. The number of anilines is 1. The summed E-state index contributed by atoms with van der Waals surface area (Å²) in [5, 5.41) is 4.79. The van der Waals surface area contributed by atoms with Crippen LogP contribution in [0.5, 0.6) is 0 Å². The maximum absolute atomic E-state index is 12.6. The van der Waals surface area contributed by atoms with Crippen molar-refractivity contribution in [3.8, 4) is 0 Å². The Morgan fingerprint density at radius 2 is 1.92 bits per heavy atom. The Kier molecular flexibility index (Phi) is 6.24. The Labute approximate surface area is 162 Å². The van der Waals surface area contributed by atoms with Gasteiger partial charge in [-0.3, -0.25) is 9.69 Å². The lowest BCUT2D eigenvalue weighted by Gasteiger charge is -2.32. The highest BCUT2D eigenvalue weighted by atomic mass is 35.5. The second-order valence-corrected chi connectivity index (χ2v) is 7.53. The van der Waals surface area contributed by atoms with Crippen LogP contribution in [0.4, 0.5) is 5.69 Å². The molecule has 25 heavy (non-hydrogen) atoms. The first kappa shape index (κ1) is 18.5. The predicted molar refractivity (Wildman–Crippen MR) is 105 cm³/mol. The van der Waals surface area contributed by atoms with Gasteiger partial charge in [0.05, 0.1) is 16.6 Å². The largest absolute Gasteiger partial charge is 0.324 e. The van der Waals surface area contributed by atoms with Crippen molar-refractivity contribution in [3.63, 3.8) is 0 Å². The number of likely N-dealkylation sites (tertiary alicyclic amines) is 1. The van der Waals surface area contributed by atoms with Gasteiger partial charge < -0.3 is 5.32 Å². The molecule has 0 radical (unpaired) electrons. The van der Waals surface area contributed by atoms with E-state index >= 15 is 0 Å². The molecule has 1 saturated heterocycles. The van der Waals surface area contributed by atoms with Gasteiger partial charge in [-0.2, -0.15) is 0 Å². The van der Waals surface area contributed by atoms with Crippen molar-refractivity contribution in [2.24, 2.45) is 5.92 Å². The van der Waals surface area contributed by atoms with Crippen LogP contribution in [-0.2, 0) is 11.3 Å². The monoisotopic (exact) mass is 396 g/mol. The first-order valence-corrected chi connectivity index (χ1v) is 9.38. The van der Waals surface area contributed by atoms with Crippen LogP contribution in [0.1, 0.15) is 18.4 Å². The molecule has 1 N–H and O–H groups in total. The molecule has 3 rings (SSSR count). The van der Waals surface area contributed by atoms with E-state index < -0.39 is 0 Å². The molecule has 1 atom stereocenters. The van der Waals surface area contributed by atoms with E-state index in [1.165, 1.54) is 0 Å². The number of amides is 1. The Morgan fingerprint density at radius 1 is 1.12 bits per heavy atom. The van der Waals surface area contributed by atoms with Crippen LogP contribution in [0.25, 0.3) is 0 Å². The SMILES string of the molecule is O=C(Nc1ccccc1Cl)C1CCCN(Cc2ccc(Cl)cc2Cl)C1. The fourth-order valence-corrected chi connectivity index (χ4v) is 3.75. The van der Waals surface area contributed by atoms with E-state index in [9.17, 15) is 4.79 Å². The standard InChI is InChI=1S/C19H19Cl3N2O/c20-15-8-7-13(17(22)10-15)11-24-9-3-4-14(12-24)19(25)23-18-6-2-1-5-16(18)21/h1-2,5-8,10,14H,3-4,9,11-12H2,(H,23,25). The molecule has 1 unspecified atom stereocenters. The van der Waals surface area contributed by atoms with Gasteiger partial charge >= 0.3 is 0 Å². The van der Waals surface area contributed by atoms with Crippen LogP contribution in [0.3, 0.4) is 0 Å². The van der Waals surface area contributed by atoms with Crippen LogP contribution in [-0.4, -0.2) is 23.9 Å². The maximum Gasteiger partial charge on any atom is 0.228 e. The Bertz CT molecular complexity index is 766. The molecule has 132 valence electrons. The molecule has 1 fully saturated rings. The molecule has 6 heteroatoms. The van der Waals surface area contributed by atoms with Crippen LogP contribution in [0.15, 0.2) is 42.5 Å². The van der Waals surface area contributed by atoms with E-state index in [1.54, 1.807) is 12.1 Å². The summed E-state index contributed by atoms with van der Waals surface area (Å²) in [5.74, 6) is -0.0453. The summed E-state index contributed by atoms with van der Waals surface area (Å²) < 4.78 is 0. The molecule has 1 amide bonds. The number of rotatable bonds is 4. The first-order valence-electron chi connectivity index (χ1n) is 8.24. The number of carbonyl (C=O) groups is 1. The zero-order chi connectivity index (χ0) is 17.8. The van der Waals surface area contributed by atoms with Gasteiger partial charge in [-0.25, -0.2) is 0 Å². The summed E-state index contributed by atoms with van der Waals surface area (Å²) in [7, 11) is 0. The lowest BCUT2D eigenvalue weighted by molar-refractivity contribution is -0.121. The van der Waals surface area contributed by atoms with Crippen molar-refractivity contribution in [3.05, 3.63) is 63.1 Å². The molecule has 2 aromatic rings. The van der Waals surface area contributed by atoms with E-state index in [0.29, 0.717) is 33.8 Å². The van der Waals surface area contributed by atoms with Crippen LogP contribution in [0, 0.1) is 5.92 Å². The summed E-state index contributed by atoms with van der Waals surface area (Å²) in [6.45, 7) is 2.37. The number of halogens is 3. The third-order valence-electron chi connectivity index (χ3n) is 4.42. The lowest BCUT2D eigenvalue weighted by atomic mass is 9.96. The highest BCUT2D eigenvalue weighted by Crippen LogP contribution is 2.26. The second kappa shape index (κ2) is 8.41. The van der Waals surface area contributed by atoms with Gasteiger partial charge in [0.15, 0.2) is 0 Å². The third kappa shape index (κ3) is 4.89. The van der Waals surface area contributed by atoms with Gasteiger partial charge in [0.1, 0.15) is 0 Å². The lowest BCUT2D eigenvalue weighted by Crippen LogP contribution is -2.40. The van der Waals surface area contributed by atoms with Crippen molar-refractivity contribution in [1.29, 1.82) is 0 Å². The molecule has 0 bridgehead atoms. The molecule has 1 heterocycles. The third-order valence-corrected chi connectivity index (χ3v) is 5.33. The zero-order valence-electron chi connectivity index (χ0n) is 13.6. The minimum absolute atomic E-state index is 0.0139. The molecule has 0 aliphatic carbocycles. The Morgan fingerprint density at radius 3 is 2.68 bits per heavy atom. The van der Waals surface area contributed by atoms with Crippen molar-refractivity contribution in [2.45, 2.75) is 19.4 Å². The van der Waals surface area contributed by atoms with Gasteiger partial charge in [-0.1, -0.05) is 53.0 Å². The molecular formula is C19H19Cl3N2O. The van der Waals surface area contributed by atoms with Crippen LogP contribution >= 0.6 is 34.8 Å². The van der Waals surface area contributed by atoms with Gasteiger partial charge in [0, 0.05) is 23.1 Å². The minimum Gasteiger partial charge on any atom is -0.324 e. The minimum atomic E-state index is -0.0592. The number of carbonyl (C=O) groups excluding carboxylic acids is 1. The van der Waals surface area contributed by atoms with Gasteiger partial charge in [0.2, 0.25) is 5.91 Å². The van der Waals surface area contributed by atoms with Crippen molar-refractivity contribution in [1.82, 2.24) is 4.90 Å². The van der Waals surface area contributed by atoms with Crippen molar-refractivity contribution < 1.29 is 4.79 Å². The maximum atomic E-state index is 12.6. The highest BCUT2D eigenvalue weighted by molar-refractivity contribution is 6.35. The second-order valence-electron chi connectivity index (χ2n) is 6.28. The van der Waals surface area contributed by atoms with Crippen molar-refractivity contribution >= 4 is 46.4 Å². The number of piperidine rings is 1. The Hall–Kier alpha value is -1.26. The molecule has 0 spiro atoms. The molecule has 2 aromatic carbocycles. The normalized spacial score (nSPS) is 18.1. The fourth-order valence-electron chi connectivity index (χ4n) is 3.10. The zero-order valence-corrected chi connectivity index (χ0v) is 15.9. The average Bonchev–Trinajstić information content (AvgIpc) is 2.60. The van der Waals surface area contributed by atoms with Gasteiger partial charge in [-0.05, 0) is 49.2 Å². The Balaban J connectivity index is 1.62. The van der Waals surface area contributed by atoms with Crippen LogP contribution < -0.4 is 5.32 Å². The molecular weight excluding hydrogens is 379 g/mol. The average molecular weight is 398 g/mol. The van der Waals surface area contributed by atoms with E-state index in [0.717, 1.165) is 24.9 Å². The number of hydrogen-bond donors (Lipinski definition) is 1. The predicted octanol–water partition coefficient (Wildman–Crippen LogP) is 5.50. The molecule has 1 aliphatic heterocycles. The molecule has 1 aliphatic rings. The van der Waals surface area contributed by atoms with Crippen LogP contribution in [0.2, 0.25) is 15.1 Å². The number of benzene rings is 2. The highest BCUT2D eigenvalue weighted by Gasteiger charge is 2.26. The van der Waals surface area contributed by atoms with E-state index in [4.69, 9.17) is 34.8 Å². The number of nitrogens with zero attached hydrogens (tertiary/aromatic N) is 1.